The zero-order valence-corrected chi connectivity index (χ0v) is 26.9. The molecule has 2 N–H and O–H groups in total. The number of amides is 2. The summed E-state index contributed by atoms with van der Waals surface area (Å²) in [4.78, 5) is 69.6. The number of nitrogens with one attached hydrogen (secondary N) is 2. The van der Waals surface area contributed by atoms with Gasteiger partial charge in [0.2, 0.25) is 0 Å². The fourth-order valence-corrected chi connectivity index (χ4v) is 4.06. The van der Waals surface area contributed by atoms with E-state index in [4.69, 9.17) is 18.9 Å². The van der Waals surface area contributed by atoms with E-state index in [1.54, 1.807) is 0 Å². The minimum atomic E-state index is -0.617. The predicted octanol–water partition coefficient (Wildman–Crippen LogP) is 4.46. The molecule has 0 aromatic carbocycles. The van der Waals surface area contributed by atoms with E-state index in [0.29, 0.717) is 45.2 Å². The number of hydrogen-bond acceptors (Lipinski definition) is 12. The van der Waals surface area contributed by atoms with Crippen LogP contribution in [0.3, 0.4) is 0 Å². The number of carbonyl (C=O) groups excluding carboxylic acids is 6. The second kappa shape index (κ2) is 25.2. The van der Waals surface area contributed by atoms with Crippen molar-refractivity contribution in [3.05, 3.63) is 25.7 Å². The molecule has 0 aliphatic rings. The Hall–Kier alpha value is -4.10. The van der Waals surface area contributed by atoms with Gasteiger partial charge in [0.25, 0.3) is 0 Å². The summed E-state index contributed by atoms with van der Waals surface area (Å²) in [5.41, 5.74) is -0.248. The van der Waals surface area contributed by atoms with Crippen LogP contribution in [-0.4, -0.2) is 75.6 Å². The maximum atomic E-state index is 12.0. The molecule has 0 heterocycles. The van der Waals surface area contributed by atoms with Crippen LogP contribution in [0.25, 0.3) is 0 Å². The Labute approximate surface area is 265 Å². The maximum Gasteiger partial charge on any atom is 0.407 e. The smallest absolute Gasteiger partial charge is 0.407 e. The van der Waals surface area contributed by atoms with Gasteiger partial charge in [0.15, 0.2) is 0 Å². The number of rotatable bonds is 25. The largest absolute Gasteiger partial charge is 0.462 e. The van der Waals surface area contributed by atoms with E-state index in [2.05, 4.69) is 33.3 Å². The van der Waals surface area contributed by atoms with Crippen LogP contribution in [0.1, 0.15) is 85.0 Å². The number of esters is 4. The van der Waals surface area contributed by atoms with E-state index < -0.39 is 36.1 Å². The number of hydrogen-bond donors (Lipinski definition) is 2. The molecule has 256 valence electrons. The highest BCUT2D eigenvalue weighted by Crippen LogP contribution is 2.26. The normalized spacial score (nSPS) is 11.3. The third-order valence-corrected chi connectivity index (χ3v) is 6.13. The first-order chi connectivity index (χ1) is 21.4. The van der Waals surface area contributed by atoms with Crippen molar-refractivity contribution in [1.29, 1.82) is 0 Å². The summed E-state index contributed by atoms with van der Waals surface area (Å²) in [6.07, 6.45) is 4.93. The second-order valence-electron chi connectivity index (χ2n) is 11.0. The maximum absolute atomic E-state index is 12.0. The van der Waals surface area contributed by atoms with E-state index >= 15 is 0 Å². The minimum absolute atomic E-state index is 0.0621. The highest BCUT2D eigenvalue weighted by Gasteiger charge is 2.22. The quantitative estimate of drug-likeness (QED) is 0.0618. The first-order valence-corrected chi connectivity index (χ1v) is 15.1. The Balaban J connectivity index is 3.88. The molecular formula is C31H50N2O12. The van der Waals surface area contributed by atoms with Gasteiger partial charge in [-0.25, -0.2) is 9.59 Å². The van der Waals surface area contributed by atoms with Crippen molar-refractivity contribution < 1.29 is 57.2 Å². The van der Waals surface area contributed by atoms with Gasteiger partial charge in [-0.15, -0.1) is 0 Å². The van der Waals surface area contributed by atoms with Gasteiger partial charge in [-0.3, -0.25) is 19.2 Å². The molecule has 1 unspecified atom stereocenters. The molecule has 2 amide bonds. The fraction of sp³-hybridized carbons (Fsp3) is 0.677. The third kappa shape index (κ3) is 26.1. The van der Waals surface area contributed by atoms with E-state index in [9.17, 15) is 28.8 Å². The molecule has 1 atom stereocenters. The predicted molar refractivity (Wildman–Crippen MR) is 162 cm³/mol. The molecule has 0 rings (SSSR count). The average Bonchev–Trinajstić information content (AvgIpc) is 2.97. The lowest BCUT2D eigenvalue weighted by Gasteiger charge is -2.28. The van der Waals surface area contributed by atoms with Crippen molar-refractivity contribution in [1.82, 2.24) is 10.6 Å². The zero-order valence-electron chi connectivity index (χ0n) is 26.9. The molecule has 0 fully saturated rings. The van der Waals surface area contributed by atoms with Gasteiger partial charge in [-0.2, -0.15) is 0 Å². The molecule has 45 heavy (non-hydrogen) atoms. The van der Waals surface area contributed by atoms with Crippen molar-refractivity contribution in [2.24, 2.45) is 11.3 Å². The summed E-state index contributed by atoms with van der Waals surface area (Å²) in [7, 11) is 0. The van der Waals surface area contributed by atoms with Crippen molar-refractivity contribution in [2.75, 3.05) is 39.5 Å². The van der Waals surface area contributed by atoms with Crippen LogP contribution in [0.4, 0.5) is 9.59 Å². The van der Waals surface area contributed by atoms with Gasteiger partial charge in [0, 0.05) is 38.8 Å². The Bertz CT molecular complexity index is 951. The molecule has 0 saturated heterocycles. The fourth-order valence-electron chi connectivity index (χ4n) is 4.06. The minimum Gasteiger partial charge on any atom is -0.462 e. The van der Waals surface area contributed by atoms with Crippen LogP contribution in [0, 0.1) is 11.3 Å². The topological polar surface area (TPSA) is 182 Å². The first kappa shape index (κ1) is 40.9. The number of alkyl carbamates (subject to hydrolysis) is 2. The number of ether oxygens (including phenoxy) is 6. The van der Waals surface area contributed by atoms with Crippen LogP contribution in [-0.2, 0) is 47.6 Å². The summed E-state index contributed by atoms with van der Waals surface area (Å²) in [5.74, 6) is -1.46. The molecule has 0 radical (unpaired) electrons. The second-order valence-corrected chi connectivity index (χ2v) is 11.0. The number of carbonyl (C=O) groups is 6. The van der Waals surface area contributed by atoms with Crippen LogP contribution in [0.5, 0.6) is 0 Å². The molecule has 0 spiro atoms. The standard InChI is InChI=1S/C31H50N2O12/c1-6-40-25(34)12-8-10-14-27(36)42-18-20-44-29(38)32-17-16-24(3)22-31(4,5)23-33-30(39)45-21-19-43-28(37)15-11-9-13-26(35)41-7-2/h6-7,24H,1-2,8-23H2,3-5H3,(H,32,38)(H,33,39). The van der Waals surface area contributed by atoms with E-state index in [0.717, 1.165) is 18.9 Å². The lowest BCUT2D eigenvalue weighted by atomic mass is 9.82. The molecule has 0 saturated carbocycles. The van der Waals surface area contributed by atoms with Gasteiger partial charge in [-0.05, 0) is 49.9 Å². The Morgan fingerprint density at radius 3 is 1.49 bits per heavy atom. The lowest BCUT2D eigenvalue weighted by Crippen LogP contribution is -2.36. The monoisotopic (exact) mass is 642 g/mol. The highest BCUT2D eigenvalue weighted by atomic mass is 16.6. The van der Waals surface area contributed by atoms with Gasteiger partial charge in [-0.1, -0.05) is 33.9 Å². The van der Waals surface area contributed by atoms with E-state index in [-0.39, 0.29) is 63.4 Å². The Morgan fingerprint density at radius 2 is 1.04 bits per heavy atom. The van der Waals surface area contributed by atoms with Gasteiger partial charge in [0.05, 0.1) is 12.5 Å². The SMILES string of the molecule is C=COC(=O)CCCCC(=O)OCCOC(=O)NCCC(C)CC(C)(C)CNC(=O)OCCOC(=O)CCCCC(=O)OC=C. The van der Waals surface area contributed by atoms with E-state index in [1.165, 1.54) is 0 Å². The molecular weight excluding hydrogens is 592 g/mol. The Morgan fingerprint density at radius 1 is 0.644 bits per heavy atom. The number of unbranched alkanes of at least 4 members (excludes halogenated alkanes) is 2. The zero-order chi connectivity index (χ0) is 33.9. The van der Waals surface area contributed by atoms with Gasteiger partial charge < -0.3 is 39.1 Å². The van der Waals surface area contributed by atoms with Crippen LogP contribution in [0.2, 0.25) is 0 Å². The molecule has 0 aromatic rings. The van der Waals surface area contributed by atoms with Gasteiger partial charge in [0.1, 0.15) is 26.4 Å². The van der Waals surface area contributed by atoms with Crippen molar-refractivity contribution in [2.45, 2.75) is 85.0 Å². The van der Waals surface area contributed by atoms with Crippen molar-refractivity contribution >= 4 is 36.1 Å². The average molecular weight is 643 g/mol. The Kier molecular flexibility index (Phi) is 22.9. The highest BCUT2D eigenvalue weighted by molar-refractivity contribution is 5.72. The molecule has 0 bridgehead atoms. The van der Waals surface area contributed by atoms with Crippen LogP contribution >= 0.6 is 0 Å². The molecule has 14 heteroatoms. The molecule has 0 aliphatic carbocycles. The van der Waals surface area contributed by atoms with Gasteiger partial charge >= 0.3 is 36.1 Å². The molecule has 14 nitrogen and oxygen atoms in total. The van der Waals surface area contributed by atoms with Crippen molar-refractivity contribution in [3.63, 3.8) is 0 Å². The summed E-state index contributed by atoms with van der Waals surface area (Å²) in [6.45, 7) is 13.1. The summed E-state index contributed by atoms with van der Waals surface area (Å²) < 4.78 is 29.2. The third-order valence-electron chi connectivity index (χ3n) is 6.13. The summed E-state index contributed by atoms with van der Waals surface area (Å²) in [5, 5.41) is 5.37. The first-order valence-electron chi connectivity index (χ1n) is 15.1. The molecule has 0 aliphatic heterocycles. The summed E-state index contributed by atoms with van der Waals surface area (Å²) >= 11 is 0. The van der Waals surface area contributed by atoms with E-state index in [1.807, 2.05) is 20.8 Å². The lowest BCUT2D eigenvalue weighted by molar-refractivity contribution is -0.145. The van der Waals surface area contributed by atoms with Crippen molar-refractivity contribution in [3.8, 4) is 0 Å². The molecule has 0 aromatic heterocycles. The van der Waals surface area contributed by atoms with Crippen LogP contribution < -0.4 is 10.6 Å². The van der Waals surface area contributed by atoms with Crippen LogP contribution in [0.15, 0.2) is 25.7 Å². The summed E-state index contributed by atoms with van der Waals surface area (Å²) in [6, 6.07) is 0.